The van der Waals surface area contributed by atoms with E-state index in [1.165, 1.54) is 0 Å². The second-order valence-electron chi connectivity index (χ2n) is 4.30. The third-order valence-electron chi connectivity index (χ3n) is 2.75. The number of aryl methyl sites for hydroxylation is 2. The number of aliphatic hydroxyl groups excluding tert-OH is 1. The Balaban J connectivity index is 2.68. The van der Waals surface area contributed by atoms with Crippen LogP contribution in [0.5, 0.6) is 0 Å². The van der Waals surface area contributed by atoms with Crippen molar-refractivity contribution in [3.05, 3.63) is 5.69 Å². The van der Waals surface area contributed by atoms with Gasteiger partial charge in [0.2, 0.25) is 0 Å². The van der Waals surface area contributed by atoms with Gasteiger partial charge < -0.3 is 20.5 Å². The molecule has 0 aromatic carbocycles. The van der Waals surface area contributed by atoms with Crippen LogP contribution in [0.2, 0.25) is 0 Å². The van der Waals surface area contributed by atoms with Crippen LogP contribution < -0.4 is 10.6 Å². The van der Waals surface area contributed by atoms with E-state index in [0.717, 1.165) is 36.7 Å². The van der Waals surface area contributed by atoms with Crippen molar-refractivity contribution < 1.29 is 9.84 Å². The highest BCUT2D eigenvalue weighted by Crippen LogP contribution is 2.25. The molecule has 6 heteroatoms. The summed E-state index contributed by atoms with van der Waals surface area (Å²) in [4.78, 5) is 2.04. The highest BCUT2D eigenvalue weighted by atomic mass is 16.5. The molecular weight excluding hydrogens is 232 g/mol. The van der Waals surface area contributed by atoms with Crippen LogP contribution in [0.4, 0.5) is 11.5 Å². The van der Waals surface area contributed by atoms with E-state index in [1.807, 2.05) is 23.6 Å². The SMILES string of the molecule is CCCn1nc(C)c(N)c1N(C)CCOCCO. The second kappa shape index (κ2) is 7.23. The number of likely N-dealkylation sites (N-methyl/N-ethyl adjacent to an activating group) is 1. The Bertz CT molecular complexity index is 365. The molecule has 3 N–H and O–H groups in total. The largest absolute Gasteiger partial charge is 0.394 e. The first-order valence-electron chi connectivity index (χ1n) is 6.34. The Morgan fingerprint density at radius 3 is 2.78 bits per heavy atom. The third kappa shape index (κ3) is 3.61. The number of nitrogens with zero attached hydrogens (tertiary/aromatic N) is 3. The Kier molecular flexibility index (Phi) is 5.94. The van der Waals surface area contributed by atoms with Gasteiger partial charge in [-0.25, -0.2) is 4.68 Å². The normalized spacial score (nSPS) is 10.9. The van der Waals surface area contributed by atoms with Gasteiger partial charge in [-0.3, -0.25) is 0 Å². The molecule has 1 rings (SSSR count). The zero-order chi connectivity index (χ0) is 13.5. The standard InChI is InChI=1S/C12H24N4O2/c1-4-5-16-12(11(13)10(2)14-16)15(3)6-8-18-9-7-17/h17H,4-9,13H2,1-3H3. The van der Waals surface area contributed by atoms with Gasteiger partial charge in [-0.1, -0.05) is 6.92 Å². The van der Waals surface area contributed by atoms with Gasteiger partial charge in [0.05, 0.1) is 31.2 Å². The molecule has 0 aliphatic carbocycles. The topological polar surface area (TPSA) is 76.5 Å². The van der Waals surface area contributed by atoms with E-state index in [-0.39, 0.29) is 6.61 Å². The lowest BCUT2D eigenvalue weighted by Crippen LogP contribution is -2.26. The Labute approximate surface area is 108 Å². The maximum absolute atomic E-state index is 8.64. The van der Waals surface area contributed by atoms with Gasteiger partial charge >= 0.3 is 0 Å². The highest BCUT2D eigenvalue weighted by molar-refractivity contribution is 5.65. The van der Waals surface area contributed by atoms with Crippen molar-refractivity contribution in [1.29, 1.82) is 0 Å². The minimum absolute atomic E-state index is 0.0543. The molecule has 0 saturated heterocycles. The summed E-state index contributed by atoms with van der Waals surface area (Å²) in [7, 11) is 1.97. The molecule has 1 aromatic heterocycles. The van der Waals surface area contributed by atoms with Gasteiger partial charge in [-0.05, 0) is 13.3 Å². The van der Waals surface area contributed by atoms with E-state index in [4.69, 9.17) is 15.6 Å². The van der Waals surface area contributed by atoms with Gasteiger partial charge in [0.1, 0.15) is 5.82 Å². The van der Waals surface area contributed by atoms with Crippen molar-refractivity contribution in [1.82, 2.24) is 9.78 Å². The van der Waals surface area contributed by atoms with Gasteiger partial charge in [0.15, 0.2) is 0 Å². The molecule has 0 fully saturated rings. The second-order valence-corrected chi connectivity index (χ2v) is 4.30. The van der Waals surface area contributed by atoms with E-state index in [2.05, 4.69) is 12.0 Å². The Morgan fingerprint density at radius 1 is 1.44 bits per heavy atom. The summed E-state index contributed by atoms with van der Waals surface area (Å²) in [5.41, 5.74) is 7.65. The summed E-state index contributed by atoms with van der Waals surface area (Å²) in [6.07, 6.45) is 1.02. The Morgan fingerprint density at radius 2 is 2.17 bits per heavy atom. The van der Waals surface area contributed by atoms with Crippen LogP contribution in [0.3, 0.4) is 0 Å². The van der Waals surface area contributed by atoms with Crippen molar-refractivity contribution in [3.63, 3.8) is 0 Å². The van der Waals surface area contributed by atoms with Crippen molar-refractivity contribution in [2.24, 2.45) is 0 Å². The lowest BCUT2D eigenvalue weighted by atomic mass is 10.3. The smallest absolute Gasteiger partial charge is 0.150 e. The van der Waals surface area contributed by atoms with E-state index < -0.39 is 0 Å². The zero-order valence-electron chi connectivity index (χ0n) is 11.5. The number of aromatic nitrogens is 2. The molecule has 0 amide bonds. The molecule has 18 heavy (non-hydrogen) atoms. The van der Waals surface area contributed by atoms with E-state index >= 15 is 0 Å². The predicted octanol–water partition coefficient (Wildman–Crippen LogP) is 0.629. The first-order chi connectivity index (χ1) is 8.61. The number of ether oxygens (including phenoxy) is 1. The van der Waals surface area contributed by atoms with Crippen molar-refractivity contribution >= 4 is 11.5 Å². The quantitative estimate of drug-likeness (QED) is 0.667. The molecule has 1 aromatic rings. The summed E-state index contributed by atoms with van der Waals surface area (Å²) >= 11 is 0. The predicted molar refractivity (Wildman–Crippen MR) is 72.8 cm³/mol. The maximum atomic E-state index is 8.64. The Hall–Kier alpha value is -1.27. The van der Waals surface area contributed by atoms with Crippen molar-refractivity contribution in [2.45, 2.75) is 26.8 Å². The monoisotopic (exact) mass is 256 g/mol. The molecule has 1 heterocycles. The summed E-state index contributed by atoms with van der Waals surface area (Å²) in [6.45, 7) is 6.60. The first-order valence-corrected chi connectivity index (χ1v) is 6.34. The number of anilines is 2. The van der Waals surface area contributed by atoms with Crippen LogP contribution in [0.1, 0.15) is 19.0 Å². The molecule has 0 aliphatic rings. The number of hydrogen-bond acceptors (Lipinski definition) is 5. The summed E-state index contributed by atoms with van der Waals surface area (Å²) in [5.74, 6) is 0.946. The maximum Gasteiger partial charge on any atom is 0.150 e. The zero-order valence-corrected chi connectivity index (χ0v) is 11.5. The number of nitrogens with two attached hydrogens (primary N) is 1. The van der Waals surface area contributed by atoms with Gasteiger partial charge in [0.25, 0.3) is 0 Å². The molecule has 6 nitrogen and oxygen atoms in total. The number of nitrogen functional groups attached to an aromatic ring is 1. The average molecular weight is 256 g/mol. The van der Waals surface area contributed by atoms with E-state index in [9.17, 15) is 0 Å². The first kappa shape index (κ1) is 14.8. The lowest BCUT2D eigenvalue weighted by molar-refractivity contribution is 0.0970. The number of hydrogen-bond donors (Lipinski definition) is 2. The fraction of sp³-hybridized carbons (Fsp3) is 0.750. The molecule has 0 unspecified atom stereocenters. The van der Waals surface area contributed by atoms with E-state index in [0.29, 0.717) is 13.2 Å². The number of rotatable bonds is 8. The fourth-order valence-electron chi connectivity index (χ4n) is 1.83. The number of aliphatic hydroxyl groups is 1. The molecule has 0 spiro atoms. The van der Waals surface area contributed by atoms with Crippen LogP contribution >= 0.6 is 0 Å². The van der Waals surface area contributed by atoms with Crippen LogP contribution in [-0.2, 0) is 11.3 Å². The minimum atomic E-state index is 0.0543. The van der Waals surface area contributed by atoms with E-state index in [1.54, 1.807) is 0 Å². The molecule has 0 saturated carbocycles. The van der Waals surface area contributed by atoms with Crippen molar-refractivity contribution in [3.8, 4) is 0 Å². The van der Waals surface area contributed by atoms with Crippen molar-refractivity contribution in [2.75, 3.05) is 44.0 Å². The lowest BCUT2D eigenvalue weighted by Gasteiger charge is -2.21. The highest BCUT2D eigenvalue weighted by Gasteiger charge is 2.15. The summed E-state index contributed by atoms with van der Waals surface area (Å²) < 4.78 is 7.20. The molecule has 0 radical (unpaired) electrons. The van der Waals surface area contributed by atoms with Gasteiger partial charge in [0, 0.05) is 20.1 Å². The molecule has 0 bridgehead atoms. The van der Waals surface area contributed by atoms with Gasteiger partial charge in [-0.2, -0.15) is 5.10 Å². The van der Waals surface area contributed by atoms with Gasteiger partial charge in [-0.15, -0.1) is 0 Å². The summed E-state index contributed by atoms with van der Waals surface area (Å²) in [5, 5.41) is 13.1. The molecule has 104 valence electrons. The fourth-order valence-corrected chi connectivity index (χ4v) is 1.83. The minimum Gasteiger partial charge on any atom is -0.394 e. The average Bonchev–Trinajstić information content (AvgIpc) is 2.61. The van der Waals surface area contributed by atoms with Crippen LogP contribution in [-0.4, -0.2) is 48.3 Å². The molecule has 0 aliphatic heterocycles. The van der Waals surface area contributed by atoms with Crippen LogP contribution in [0.15, 0.2) is 0 Å². The summed E-state index contributed by atoms with van der Waals surface area (Å²) in [6, 6.07) is 0. The van der Waals surface area contributed by atoms with Crippen LogP contribution in [0, 0.1) is 6.92 Å². The molecular formula is C12H24N4O2. The van der Waals surface area contributed by atoms with Crippen LogP contribution in [0.25, 0.3) is 0 Å². The molecule has 0 atom stereocenters. The third-order valence-corrected chi connectivity index (χ3v) is 2.75.